The van der Waals surface area contributed by atoms with Crippen molar-refractivity contribution in [2.24, 2.45) is 0 Å². The highest BCUT2D eigenvalue weighted by atomic mass is 16.5. The number of nitrogens with two attached hydrogens (primary N) is 1. The monoisotopic (exact) mass is 293 g/mol. The fraction of sp³-hybridized carbons (Fsp3) is 0.562. The minimum absolute atomic E-state index is 0.170. The number of hydrogen-bond acceptors (Lipinski definition) is 4. The van der Waals surface area contributed by atoms with Crippen LogP contribution in [0.2, 0.25) is 0 Å². The number of nitrogens with zero attached hydrogens (tertiary/aromatic N) is 1. The number of amides is 1. The van der Waals surface area contributed by atoms with Gasteiger partial charge in [0.15, 0.2) is 0 Å². The molecule has 1 aromatic rings. The van der Waals surface area contributed by atoms with E-state index in [9.17, 15) is 4.79 Å². The van der Waals surface area contributed by atoms with E-state index in [1.165, 1.54) is 0 Å². The van der Waals surface area contributed by atoms with E-state index in [2.05, 4.69) is 24.1 Å². The third kappa shape index (κ3) is 5.27. The minimum Gasteiger partial charge on any atom is -0.493 e. The standard InChI is InChI=1S/C16H27N3O2/c1-4-19(5-2)12-8-11-18-16(20)15-13(17)9-7-10-14(15)21-6-3/h7,9-10H,4-6,8,11-12,17H2,1-3H3,(H,18,20). The van der Waals surface area contributed by atoms with Gasteiger partial charge in [-0.2, -0.15) is 0 Å². The number of nitrogen functional groups attached to an aromatic ring is 1. The molecule has 0 fully saturated rings. The van der Waals surface area contributed by atoms with E-state index in [0.717, 1.165) is 26.1 Å². The predicted molar refractivity (Wildman–Crippen MR) is 86.8 cm³/mol. The van der Waals surface area contributed by atoms with E-state index < -0.39 is 0 Å². The molecule has 0 atom stereocenters. The smallest absolute Gasteiger partial charge is 0.257 e. The summed E-state index contributed by atoms with van der Waals surface area (Å²) in [5.74, 6) is 0.370. The second-order valence-corrected chi connectivity index (χ2v) is 4.79. The molecular weight excluding hydrogens is 266 g/mol. The molecule has 0 unspecified atom stereocenters. The Morgan fingerprint density at radius 3 is 2.62 bits per heavy atom. The van der Waals surface area contributed by atoms with Crippen molar-refractivity contribution in [2.45, 2.75) is 27.2 Å². The van der Waals surface area contributed by atoms with Crippen LogP contribution in [0, 0.1) is 0 Å². The molecule has 1 aromatic carbocycles. The molecule has 118 valence electrons. The van der Waals surface area contributed by atoms with Crippen LogP contribution in [-0.2, 0) is 0 Å². The molecular formula is C16H27N3O2. The number of carbonyl (C=O) groups excluding carboxylic acids is 1. The van der Waals surface area contributed by atoms with Crippen molar-refractivity contribution in [1.82, 2.24) is 10.2 Å². The second-order valence-electron chi connectivity index (χ2n) is 4.79. The number of anilines is 1. The Morgan fingerprint density at radius 2 is 2.00 bits per heavy atom. The highest BCUT2D eigenvalue weighted by molar-refractivity contribution is 6.01. The summed E-state index contributed by atoms with van der Waals surface area (Å²) in [7, 11) is 0. The van der Waals surface area contributed by atoms with Crippen molar-refractivity contribution in [3.8, 4) is 5.75 Å². The summed E-state index contributed by atoms with van der Waals surface area (Å²) in [5.41, 5.74) is 6.78. The van der Waals surface area contributed by atoms with Crippen LogP contribution in [-0.4, -0.2) is 43.6 Å². The van der Waals surface area contributed by atoms with Crippen LogP contribution >= 0.6 is 0 Å². The predicted octanol–water partition coefficient (Wildman–Crippen LogP) is 2.13. The molecule has 5 heteroatoms. The number of carbonyl (C=O) groups is 1. The van der Waals surface area contributed by atoms with Gasteiger partial charge in [-0.3, -0.25) is 4.79 Å². The van der Waals surface area contributed by atoms with Crippen molar-refractivity contribution >= 4 is 11.6 Å². The first-order valence-corrected chi connectivity index (χ1v) is 7.65. The lowest BCUT2D eigenvalue weighted by atomic mass is 10.1. The zero-order chi connectivity index (χ0) is 15.7. The van der Waals surface area contributed by atoms with Gasteiger partial charge >= 0.3 is 0 Å². The van der Waals surface area contributed by atoms with Crippen molar-refractivity contribution in [1.29, 1.82) is 0 Å². The molecule has 0 aliphatic carbocycles. The number of benzene rings is 1. The fourth-order valence-corrected chi connectivity index (χ4v) is 2.20. The molecule has 0 spiro atoms. The van der Waals surface area contributed by atoms with Crippen LogP contribution in [0.3, 0.4) is 0 Å². The van der Waals surface area contributed by atoms with Gasteiger partial charge in [0.1, 0.15) is 11.3 Å². The summed E-state index contributed by atoms with van der Waals surface area (Å²) in [6, 6.07) is 5.27. The topological polar surface area (TPSA) is 67.6 Å². The van der Waals surface area contributed by atoms with Crippen LogP contribution in [0.1, 0.15) is 37.6 Å². The lowest BCUT2D eigenvalue weighted by Crippen LogP contribution is -2.30. The highest BCUT2D eigenvalue weighted by Crippen LogP contribution is 2.24. The molecule has 3 N–H and O–H groups in total. The SMILES string of the molecule is CCOc1cccc(N)c1C(=O)NCCCN(CC)CC. The van der Waals surface area contributed by atoms with Crippen molar-refractivity contribution in [3.05, 3.63) is 23.8 Å². The molecule has 0 radical (unpaired) electrons. The number of ether oxygens (including phenoxy) is 1. The maximum absolute atomic E-state index is 12.3. The van der Waals surface area contributed by atoms with Crippen LogP contribution in [0.5, 0.6) is 5.75 Å². The molecule has 0 aliphatic heterocycles. The van der Waals surface area contributed by atoms with Crippen LogP contribution in [0.25, 0.3) is 0 Å². The quantitative estimate of drug-likeness (QED) is 0.540. The Balaban J connectivity index is 2.56. The first-order valence-electron chi connectivity index (χ1n) is 7.65. The third-order valence-electron chi connectivity index (χ3n) is 3.42. The normalized spacial score (nSPS) is 10.7. The van der Waals surface area contributed by atoms with Gasteiger partial charge in [0.05, 0.1) is 6.61 Å². The summed E-state index contributed by atoms with van der Waals surface area (Å²) in [4.78, 5) is 14.6. The molecule has 21 heavy (non-hydrogen) atoms. The zero-order valence-electron chi connectivity index (χ0n) is 13.3. The van der Waals surface area contributed by atoms with Gasteiger partial charge in [-0.05, 0) is 45.1 Å². The van der Waals surface area contributed by atoms with E-state index in [1.807, 2.05) is 6.92 Å². The van der Waals surface area contributed by atoms with Gasteiger partial charge in [0.2, 0.25) is 0 Å². The Hall–Kier alpha value is -1.75. The third-order valence-corrected chi connectivity index (χ3v) is 3.42. The van der Waals surface area contributed by atoms with E-state index in [-0.39, 0.29) is 5.91 Å². The summed E-state index contributed by atoms with van der Waals surface area (Å²) in [6.07, 6.45) is 0.921. The average Bonchev–Trinajstić information content (AvgIpc) is 2.47. The lowest BCUT2D eigenvalue weighted by Gasteiger charge is -2.18. The Morgan fingerprint density at radius 1 is 1.29 bits per heavy atom. The van der Waals surface area contributed by atoms with Crippen molar-refractivity contribution < 1.29 is 9.53 Å². The van der Waals surface area contributed by atoms with Crippen molar-refractivity contribution in [2.75, 3.05) is 38.5 Å². The molecule has 0 saturated carbocycles. The molecule has 1 rings (SSSR count). The highest BCUT2D eigenvalue weighted by Gasteiger charge is 2.15. The number of rotatable bonds is 9. The molecule has 0 bridgehead atoms. The summed E-state index contributed by atoms with van der Waals surface area (Å²) < 4.78 is 5.47. The van der Waals surface area contributed by atoms with E-state index in [4.69, 9.17) is 10.5 Å². The van der Waals surface area contributed by atoms with Crippen LogP contribution in [0.15, 0.2) is 18.2 Å². The van der Waals surface area contributed by atoms with Gasteiger partial charge in [-0.15, -0.1) is 0 Å². The minimum atomic E-state index is -0.170. The Bertz CT molecular complexity index is 445. The zero-order valence-corrected chi connectivity index (χ0v) is 13.3. The molecule has 0 aliphatic rings. The molecule has 1 amide bonds. The molecule has 0 heterocycles. The average molecular weight is 293 g/mol. The van der Waals surface area contributed by atoms with Crippen LogP contribution in [0.4, 0.5) is 5.69 Å². The van der Waals surface area contributed by atoms with E-state index in [0.29, 0.717) is 30.2 Å². The maximum Gasteiger partial charge on any atom is 0.257 e. The van der Waals surface area contributed by atoms with Gasteiger partial charge < -0.3 is 20.7 Å². The van der Waals surface area contributed by atoms with Gasteiger partial charge in [0.25, 0.3) is 5.91 Å². The van der Waals surface area contributed by atoms with E-state index >= 15 is 0 Å². The summed E-state index contributed by atoms with van der Waals surface area (Å²) >= 11 is 0. The second kappa shape index (κ2) is 9.23. The fourth-order valence-electron chi connectivity index (χ4n) is 2.20. The molecule has 5 nitrogen and oxygen atoms in total. The van der Waals surface area contributed by atoms with E-state index in [1.54, 1.807) is 18.2 Å². The first kappa shape index (κ1) is 17.3. The van der Waals surface area contributed by atoms with Gasteiger partial charge in [-0.25, -0.2) is 0 Å². The van der Waals surface area contributed by atoms with Crippen molar-refractivity contribution in [3.63, 3.8) is 0 Å². The lowest BCUT2D eigenvalue weighted by molar-refractivity contribution is 0.0949. The van der Waals surface area contributed by atoms with Gasteiger partial charge in [-0.1, -0.05) is 19.9 Å². The molecule has 0 aromatic heterocycles. The summed E-state index contributed by atoms with van der Waals surface area (Å²) in [5, 5.41) is 2.92. The number of hydrogen-bond donors (Lipinski definition) is 2. The molecule has 0 saturated heterocycles. The Labute approximate surface area is 127 Å². The van der Waals surface area contributed by atoms with Crippen LogP contribution < -0.4 is 15.8 Å². The van der Waals surface area contributed by atoms with Gasteiger partial charge in [0, 0.05) is 12.2 Å². The maximum atomic E-state index is 12.3. The summed E-state index contributed by atoms with van der Waals surface area (Å²) in [6.45, 7) is 10.4. The number of nitrogens with one attached hydrogen (secondary N) is 1. The largest absolute Gasteiger partial charge is 0.493 e. The Kier molecular flexibility index (Phi) is 7.61. The first-order chi connectivity index (χ1) is 10.1.